The highest BCUT2D eigenvalue weighted by atomic mass is 32.1. The van der Waals surface area contributed by atoms with Gasteiger partial charge in [0.25, 0.3) is 0 Å². The lowest BCUT2D eigenvalue weighted by atomic mass is 10.2. The standard InChI is InChI=1S/C14H15N3O2S/c1-18-10-3-4-12(19-2)11(8-10)17-13-7-9(14(15)20)5-6-16-13/h3-8H,1-2H3,(H2,15,20)(H,16,17). The van der Waals surface area contributed by atoms with Crippen LogP contribution in [0.5, 0.6) is 11.5 Å². The minimum atomic E-state index is 0.327. The van der Waals surface area contributed by atoms with Gasteiger partial charge in [0.15, 0.2) is 0 Å². The van der Waals surface area contributed by atoms with Gasteiger partial charge in [-0.05, 0) is 24.3 Å². The van der Waals surface area contributed by atoms with Crippen molar-refractivity contribution in [2.24, 2.45) is 5.73 Å². The Hall–Kier alpha value is -2.34. The number of thiocarbonyl (C=S) groups is 1. The van der Waals surface area contributed by atoms with Gasteiger partial charge in [-0.25, -0.2) is 4.98 Å². The Morgan fingerprint density at radius 3 is 2.65 bits per heavy atom. The van der Waals surface area contributed by atoms with E-state index in [0.29, 0.717) is 16.6 Å². The van der Waals surface area contributed by atoms with Gasteiger partial charge in [0.2, 0.25) is 0 Å². The number of nitrogens with zero attached hydrogens (tertiary/aromatic N) is 1. The molecule has 0 aliphatic heterocycles. The predicted molar refractivity (Wildman–Crippen MR) is 83.0 cm³/mol. The van der Waals surface area contributed by atoms with E-state index >= 15 is 0 Å². The number of ether oxygens (including phenoxy) is 2. The summed E-state index contributed by atoms with van der Waals surface area (Å²) in [5, 5.41) is 3.16. The van der Waals surface area contributed by atoms with Crippen molar-refractivity contribution in [3.8, 4) is 11.5 Å². The summed E-state index contributed by atoms with van der Waals surface area (Å²) in [6.45, 7) is 0. The molecule has 2 aromatic rings. The highest BCUT2D eigenvalue weighted by Gasteiger charge is 2.07. The maximum Gasteiger partial charge on any atom is 0.142 e. The molecule has 0 aliphatic carbocycles. The third-order valence-corrected chi connectivity index (χ3v) is 2.95. The molecule has 0 amide bonds. The molecule has 1 heterocycles. The number of aromatic nitrogens is 1. The third kappa shape index (κ3) is 3.16. The number of benzene rings is 1. The van der Waals surface area contributed by atoms with Gasteiger partial charge in [-0.2, -0.15) is 0 Å². The summed E-state index contributed by atoms with van der Waals surface area (Å²) in [7, 11) is 3.21. The monoisotopic (exact) mass is 289 g/mol. The maximum absolute atomic E-state index is 5.61. The van der Waals surface area contributed by atoms with Crippen LogP contribution in [0, 0.1) is 0 Å². The lowest BCUT2D eigenvalue weighted by molar-refractivity contribution is 0.405. The van der Waals surface area contributed by atoms with E-state index in [2.05, 4.69) is 10.3 Å². The lowest BCUT2D eigenvalue weighted by Crippen LogP contribution is -2.10. The number of pyridine rings is 1. The number of anilines is 2. The van der Waals surface area contributed by atoms with Crippen molar-refractivity contribution < 1.29 is 9.47 Å². The van der Waals surface area contributed by atoms with Crippen LogP contribution in [0.25, 0.3) is 0 Å². The zero-order chi connectivity index (χ0) is 14.5. The van der Waals surface area contributed by atoms with Crippen LogP contribution in [-0.2, 0) is 0 Å². The second-order valence-electron chi connectivity index (χ2n) is 3.99. The first kappa shape index (κ1) is 14.1. The second kappa shape index (κ2) is 6.21. The first-order chi connectivity index (χ1) is 9.63. The van der Waals surface area contributed by atoms with Crippen LogP contribution in [0.3, 0.4) is 0 Å². The molecule has 0 bridgehead atoms. The number of nitrogens with two attached hydrogens (primary N) is 1. The van der Waals surface area contributed by atoms with Crippen molar-refractivity contribution >= 4 is 28.7 Å². The first-order valence-electron chi connectivity index (χ1n) is 5.89. The molecule has 3 N–H and O–H groups in total. The first-order valence-corrected chi connectivity index (χ1v) is 6.29. The summed E-state index contributed by atoms with van der Waals surface area (Å²) < 4.78 is 10.5. The second-order valence-corrected chi connectivity index (χ2v) is 4.43. The van der Waals surface area contributed by atoms with E-state index in [1.807, 2.05) is 18.2 Å². The summed E-state index contributed by atoms with van der Waals surface area (Å²) in [4.78, 5) is 4.55. The number of hydrogen-bond acceptors (Lipinski definition) is 5. The molecule has 0 atom stereocenters. The van der Waals surface area contributed by atoms with Crippen molar-refractivity contribution in [1.29, 1.82) is 0 Å². The van der Waals surface area contributed by atoms with Gasteiger partial charge in [-0.1, -0.05) is 12.2 Å². The largest absolute Gasteiger partial charge is 0.497 e. The van der Waals surface area contributed by atoms with Gasteiger partial charge >= 0.3 is 0 Å². The van der Waals surface area contributed by atoms with Crippen molar-refractivity contribution in [1.82, 2.24) is 4.98 Å². The van der Waals surface area contributed by atoms with Crippen LogP contribution in [0.15, 0.2) is 36.5 Å². The quantitative estimate of drug-likeness (QED) is 0.824. The SMILES string of the molecule is COc1ccc(OC)c(Nc2cc(C(N)=S)ccn2)c1. The van der Waals surface area contributed by atoms with E-state index in [-0.39, 0.29) is 0 Å². The fraction of sp³-hybridized carbons (Fsp3) is 0.143. The average molecular weight is 289 g/mol. The van der Waals surface area contributed by atoms with Crippen molar-refractivity contribution in [2.75, 3.05) is 19.5 Å². The maximum atomic E-state index is 5.61. The molecule has 0 spiro atoms. The molecule has 0 saturated carbocycles. The Labute approximate surface area is 122 Å². The van der Waals surface area contributed by atoms with Crippen molar-refractivity contribution in [2.45, 2.75) is 0 Å². The van der Waals surface area contributed by atoms with Crippen LogP contribution in [0.2, 0.25) is 0 Å². The Kier molecular flexibility index (Phi) is 4.37. The summed E-state index contributed by atoms with van der Waals surface area (Å²) in [6.07, 6.45) is 1.64. The molecular weight excluding hydrogens is 274 g/mol. The number of rotatable bonds is 5. The van der Waals surface area contributed by atoms with E-state index in [9.17, 15) is 0 Å². The zero-order valence-electron chi connectivity index (χ0n) is 11.2. The molecule has 5 nitrogen and oxygen atoms in total. The number of nitrogens with one attached hydrogen (secondary N) is 1. The lowest BCUT2D eigenvalue weighted by Gasteiger charge is -2.12. The molecule has 1 aromatic heterocycles. The normalized spacial score (nSPS) is 9.90. The topological polar surface area (TPSA) is 69.4 Å². The Morgan fingerprint density at radius 2 is 2.00 bits per heavy atom. The molecule has 104 valence electrons. The molecule has 0 unspecified atom stereocenters. The van der Waals surface area contributed by atoms with Crippen molar-refractivity contribution in [3.05, 3.63) is 42.1 Å². The smallest absolute Gasteiger partial charge is 0.142 e. The summed E-state index contributed by atoms with van der Waals surface area (Å²) >= 11 is 4.95. The molecule has 2 rings (SSSR count). The number of methoxy groups -OCH3 is 2. The van der Waals surface area contributed by atoms with E-state index in [1.165, 1.54) is 0 Å². The molecular formula is C14H15N3O2S. The number of hydrogen-bond donors (Lipinski definition) is 2. The summed E-state index contributed by atoms with van der Waals surface area (Å²) in [6, 6.07) is 9.01. The zero-order valence-corrected chi connectivity index (χ0v) is 12.0. The van der Waals surface area contributed by atoms with Crippen LogP contribution < -0.4 is 20.5 Å². The fourth-order valence-electron chi connectivity index (χ4n) is 1.70. The molecule has 0 fully saturated rings. The highest BCUT2D eigenvalue weighted by molar-refractivity contribution is 7.80. The molecule has 20 heavy (non-hydrogen) atoms. The Balaban J connectivity index is 2.33. The Bertz CT molecular complexity index is 632. The van der Waals surface area contributed by atoms with Gasteiger partial charge in [-0.15, -0.1) is 0 Å². The van der Waals surface area contributed by atoms with Crippen LogP contribution >= 0.6 is 12.2 Å². The summed E-state index contributed by atoms with van der Waals surface area (Å²) in [5.41, 5.74) is 7.11. The molecule has 0 radical (unpaired) electrons. The molecule has 6 heteroatoms. The Morgan fingerprint density at radius 1 is 1.20 bits per heavy atom. The predicted octanol–water partition coefficient (Wildman–Crippen LogP) is 2.48. The molecule has 1 aromatic carbocycles. The van der Waals surface area contributed by atoms with E-state index in [0.717, 1.165) is 17.0 Å². The van der Waals surface area contributed by atoms with Gasteiger partial charge in [-0.3, -0.25) is 0 Å². The third-order valence-electron chi connectivity index (χ3n) is 2.71. The minimum absolute atomic E-state index is 0.327. The molecule has 0 aliphatic rings. The van der Waals surface area contributed by atoms with Gasteiger partial charge < -0.3 is 20.5 Å². The van der Waals surface area contributed by atoms with E-state index < -0.39 is 0 Å². The fourth-order valence-corrected chi connectivity index (χ4v) is 1.83. The highest BCUT2D eigenvalue weighted by Crippen LogP contribution is 2.31. The van der Waals surface area contributed by atoms with Gasteiger partial charge in [0.1, 0.15) is 22.3 Å². The van der Waals surface area contributed by atoms with Crippen LogP contribution in [-0.4, -0.2) is 24.2 Å². The summed E-state index contributed by atoms with van der Waals surface area (Å²) in [5.74, 6) is 2.04. The van der Waals surface area contributed by atoms with E-state index in [4.69, 9.17) is 27.4 Å². The van der Waals surface area contributed by atoms with Gasteiger partial charge in [0.05, 0.1) is 19.9 Å². The van der Waals surface area contributed by atoms with Crippen LogP contribution in [0.1, 0.15) is 5.56 Å². The van der Waals surface area contributed by atoms with Crippen molar-refractivity contribution in [3.63, 3.8) is 0 Å². The minimum Gasteiger partial charge on any atom is -0.497 e. The van der Waals surface area contributed by atoms with Gasteiger partial charge in [0, 0.05) is 17.8 Å². The van der Waals surface area contributed by atoms with E-state index in [1.54, 1.807) is 32.5 Å². The van der Waals surface area contributed by atoms with Crippen LogP contribution in [0.4, 0.5) is 11.5 Å². The average Bonchev–Trinajstić information content (AvgIpc) is 2.47. The molecule has 0 saturated heterocycles.